The molecule has 0 aromatic carbocycles. The molecule has 66 valence electrons. The molecule has 2 nitrogen and oxygen atoms in total. The maximum absolute atomic E-state index is 11.0. The summed E-state index contributed by atoms with van der Waals surface area (Å²) in [7, 11) is 0. The fourth-order valence-electron chi connectivity index (χ4n) is 0.735. The van der Waals surface area contributed by atoms with Crippen molar-refractivity contribution in [2.24, 2.45) is 5.92 Å². The highest BCUT2D eigenvalue weighted by Crippen LogP contribution is 1.98. The fourth-order valence-corrected chi connectivity index (χ4v) is 1.04. The number of thioether (sulfide) groups is 1. The Kier molecular flexibility index (Phi) is 6.42. The molecular weight excluding hydrogens is 158 g/mol. The molecule has 0 aliphatic rings. The Morgan fingerprint density at radius 2 is 2.18 bits per heavy atom. The average molecular weight is 175 g/mol. The van der Waals surface area contributed by atoms with Crippen LogP contribution in [0.4, 0.5) is 0 Å². The first-order chi connectivity index (χ1) is 5.16. The van der Waals surface area contributed by atoms with Crippen LogP contribution in [-0.4, -0.2) is 24.5 Å². The highest BCUT2D eigenvalue weighted by atomic mass is 32.2. The van der Waals surface area contributed by atoms with Crippen molar-refractivity contribution in [3.05, 3.63) is 0 Å². The van der Waals surface area contributed by atoms with Gasteiger partial charge in [0.25, 0.3) is 0 Å². The molecule has 1 N–H and O–H groups in total. The smallest absolute Gasteiger partial charge is 0.220 e. The van der Waals surface area contributed by atoms with Crippen LogP contribution in [0.2, 0.25) is 0 Å². The molecule has 0 unspecified atom stereocenters. The lowest BCUT2D eigenvalue weighted by atomic mass is 10.1. The van der Waals surface area contributed by atoms with E-state index in [2.05, 4.69) is 5.32 Å². The Labute approximate surface area is 73.1 Å². The van der Waals surface area contributed by atoms with Crippen molar-refractivity contribution in [1.29, 1.82) is 0 Å². The molecule has 0 fully saturated rings. The summed E-state index contributed by atoms with van der Waals surface area (Å²) in [6.45, 7) is 4.90. The number of carbonyl (C=O) groups excluding carboxylic acids is 1. The van der Waals surface area contributed by atoms with Gasteiger partial charge in [0.2, 0.25) is 5.91 Å². The molecule has 0 aliphatic carbocycles. The number of hydrogen-bond donors (Lipinski definition) is 1. The van der Waals surface area contributed by atoms with Crippen LogP contribution < -0.4 is 5.32 Å². The number of rotatable bonds is 5. The molecule has 0 aromatic heterocycles. The molecule has 0 radical (unpaired) electrons. The van der Waals surface area contributed by atoms with Crippen molar-refractivity contribution in [3.63, 3.8) is 0 Å². The van der Waals surface area contributed by atoms with Crippen LogP contribution in [0.5, 0.6) is 0 Å². The highest BCUT2D eigenvalue weighted by Gasteiger charge is 2.02. The predicted molar refractivity (Wildman–Crippen MR) is 50.8 cm³/mol. The van der Waals surface area contributed by atoms with Crippen molar-refractivity contribution in [1.82, 2.24) is 5.32 Å². The van der Waals surface area contributed by atoms with Gasteiger partial charge in [-0.15, -0.1) is 0 Å². The molecule has 0 saturated heterocycles. The van der Waals surface area contributed by atoms with Crippen molar-refractivity contribution < 1.29 is 4.79 Å². The summed E-state index contributed by atoms with van der Waals surface area (Å²) in [4.78, 5) is 11.0. The zero-order valence-corrected chi connectivity index (χ0v) is 8.33. The summed E-state index contributed by atoms with van der Waals surface area (Å²) in [6.07, 6.45) is 2.68. The van der Waals surface area contributed by atoms with Crippen molar-refractivity contribution >= 4 is 17.7 Å². The molecule has 0 heterocycles. The third kappa shape index (κ3) is 7.72. The summed E-state index contributed by atoms with van der Waals surface area (Å²) >= 11 is 1.75. The molecule has 3 heteroatoms. The van der Waals surface area contributed by atoms with Gasteiger partial charge >= 0.3 is 0 Å². The van der Waals surface area contributed by atoms with Gasteiger partial charge in [0.1, 0.15) is 0 Å². The standard InChI is InChI=1S/C8H17NOS/c1-7(2)6-8(10)9-4-5-11-3/h7H,4-6H2,1-3H3,(H,9,10). The van der Waals surface area contributed by atoms with Crippen LogP contribution in [0.3, 0.4) is 0 Å². The van der Waals surface area contributed by atoms with E-state index in [-0.39, 0.29) is 5.91 Å². The predicted octanol–water partition coefficient (Wildman–Crippen LogP) is 1.51. The number of carbonyl (C=O) groups is 1. The molecule has 0 atom stereocenters. The monoisotopic (exact) mass is 175 g/mol. The van der Waals surface area contributed by atoms with Gasteiger partial charge in [0.15, 0.2) is 0 Å². The SMILES string of the molecule is CSCCNC(=O)CC(C)C. The fraction of sp³-hybridized carbons (Fsp3) is 0.875. The molecule has 11 heavy (non-hydrogen) atoms. The summed E-state index contributed by atoms with van der Waals surface area (Å²) < 4.78 is 0. The lowest BCUT2D eigenvalue weighted by Crippen LogP contribution is -2.26. The first-order valence-electron chi connectivity index (χ1n) is 3.92. The second-order valence-corrected chi connectivity index (χ2v) is 3.93. The van der Waals surface area contributed by atoms with Crippen molar-refractivity contribution in [3.8, 4) is 0 Å². The Hall–Kier alpha value is -0.180. The second-order valence-electron chi connectivity index (χ2n) is 2.94. The maximum atomic E-state index is 11.0. The summed E-state index contributed by atoms with van der Waals surface area (Å²) in [5.41, 5.74) is 0. The van der Waals surface area contributed by atoms with Gasteiger partial charge in [-0.1, -0.05) is 13.8 Å². The largest absolute Gasteiger partial charge is 0.355 e. The minimum atomic E-state index is 0.175. The van der Waals surface area contributed by atoms with Crippen LogP contribution in [0.1, 0.15) is 20.3 Å². The molecular formula is C8H17NOS. The Morgan fingerprint density at radius 1 is 1.55 bits per heavy atom. The lowest BCUT2D eigenvalue weighted by Gasteiger charge is -2.05. The first kappa shape index (κ1) is 10.8. The van der Waals surface area contributed by atoms with E-state index < -0.39 is 0 Å². The van der Waals surface area contributed by atoms with E-state index in [4.69, 9.17) is 0 Å². The molecule has 0 bridgehead atoms. The minimum absolute atomic E-state index is 0.175. The average Bonchev–Trinajstić information content (AvgIpc) is 1.86. The molecule has 0 saturated carbocycles. The first-order valence-corrected chi connectivity index (χ1v) is 5.31. The van der Waals surface area contributed by atoms with Crippen molar-refractivity contribution in [2.45, 2.75) is 20.3 Å². The maximum Gasteiger partial charge on any atom is 0.220 e. The minimum Gasteiger partial charge on any atom is -0.355 e. The van der Waals surface area contributed by atoms with Crippen LogP contribution in [0.15, 0.2) is 0 Å². The topological polar surface area (TPSA) is 29.1 Å². The number of nitrogens with one attached hydrogen (secondary N) is 1. The van der Waals surface area contributed by atoms with Crippen LogP contribution in [-0.2, 0) is 4.79 Å². The molecule has 0 rings (SSSR count). The quantitative estimate of drug-likeness (QED) is 0.642. The van der Waals surface area contributed by atoms with Crippen LogP contribution >= 0.6 is 11.8 Å². The van der Waals surface area contributed by atoms with Gasteiger partial charge in [0.05, 0.1) is 0 Å². The van der Waals surface area contributed by atoms with Gasteiger partial charge in [-0.3, -0.25) is 4.79 Å². The highest BCUT2D eigenvalue weighted by molar-refractivity contribution is 7.98. The van der Waals surface area contributed by atoms with E-state index in [0.717, 1.165) is 12.3 Å². The third-order valence-electron chi connectivity index (χ3n) is 1.22. The van der Waals surface area contributed by atoms with E-state index in [1.165, 1.54) is 0 Å². The molecule has 0 aliphatic heterocycles. The second kappa shape index (κ2) is 6.53. The Morgan fingerprint density at radius 3 is 2.64 bits per heavy atom. The van der Waals surface area contributed by atoms with Gasteiger partial charge in [-0.05, 0) is 12.2 Å². The zero-order valence-electron chi connectivity index (χ0n) is 7.52. The van der Waals surface area contributed by atoms with Crippen LogP contribution in [0.25, 0.3) is 0 Å². The summed E-state index contributed by atoms with van der Waals surface area (Å²) in [5.74, 6) is 1.64. The van der Waals surface area contributed by atoms with E-state index in [0.29, 0.717) is 12.3 Å². The van der Waals surface area contributed by atoms with Crippen molar-refractivity contribution in [2.75, 3.05) is 18.6 Å². The number of amides is 1. The van der Waals surface area contributed by atoms with Gasteiger partial charge in [-0.2, -0.15) is 11.8 Å². The Balaban J connectivity index is 3.23. The molecule has 1 amide bonds. The zero-order chi connectivity index (χ0) is 8.69. The number of hydrogen-bond acceptors (Lipinski definition) is 2. The van der Waals surface area contributed by atoms with Gasteiger partial charge in [-0.25, -0.2) is 0 Å². The van der Waals surface area contributed by atoms with Gasteiger partial charge in [0, 0.05) is 18.7 Å². The van der Waals surface area contributed by atoms with E-state index >= 15 is 0 Å². The van der Waals surface area contributed by atoms with E-state index in [1.807, 2.05) is 20.1 Å². The van der Waals surface area contributed by atoms with E-state index in [9.17, 15) is 4.79 Å². The molecule has 0 spiro atoms. The van der Waals surface area contributed by atoms with E-state index in [1.54, 1.807) is 11.8 Å². The normalized spacial score (nSPS) is 10.2. The Bertz CT molecular complexity index is 115. The van der Waals surface area contributed by atoms with Crippen LogP contribution in [0, 0.1) is 5.92 Å². The molecule has 0 aromatic rings. The summed E-state index contributed by atoms with van der Waals surface area (Å²) in [6, 6.07) is 0. The van der Waals surface area contributed by atoms with Gasteiger partial charge < -0.3 is 5.32 Å². The lowest BCUT2D eigenvalue weighted by molar-refractivity contribution is -0.121. The third-order valence-corrected chi connectivity index (χ3v) is 1.83. The summed E-state index contributed by atoms with van der Waals surface area (Å²) in [5, 5.41) is 2.86.